The van der Waals surface area contributed by atoms with E-state index in [1.54, 1.807) is 4.90 Å². The summed E-state index contributed by atoms with van der Waals surface area (Å²) in [6.45, 7) is 2.51. The standard InChI is InChI=1S/C11H14N4O.C6H4F3N/c12-11(16)15-8-3-2-6-14(7-8)9-4-1-5-13-10(9)15;7-6(8,9)5-3-1-2-4-10-5/h1,3-4,13H,2,5-7H2,(H2,12,16);1-4H. The molecule has 0 aromatic carbocycles. The molecule has 0 unspecified atom stereocenters. The van der Waals surface area contributed by atoms with Gasteiger partial charge in [0.1, 0.15) is 11.5 Å². The predicted octanol–water partition coefficient (Wildman–Crippen LogP) is 2.40. The number of fused-ring (bicyclic) bond motifs is 3. The number of amides is 2. The fourth-order valence-electron chi connectivity index (χ4n) is 2.96. The quantitative estimate of drug-likeness (QED) is 0.740. The minimum Gasteiger partial charge on any atom is -0.366 e. The zero-order chi connectivity index (χ0) is 18.7. The van der Waals surface area contributed by atoms with E-state index in [0.717, 1.165) is 55.5 Å². The number of allylic oxidation sites excluding steroid dienone is 1. The Morgan fingerprint density at radius 1 is 1.31 bits per heavy atom. The summed E-state index contributed by atoms with van der Waals surface area (Å²) in [6.07, 6.45) is 3.96. The number of hydrogen-bond acceptors (Lipinski definition) is 4. The van der Waals surface area contributed by atoms with Crippen molar-refractivity contribution in [3.63, 3.8) is 0 Å². The predicted molar refractivity (Wildman–Crippen MR) is 89.1 cm³/mol. The molecule has 3 N–H and O–H groups in total. The number of carbonyl (C=O) groups excluding carboxylic acids is 1. The van der Waals surface area contributed by atoms with Gasteiger partial charge in [-0.3, -0.25) is 4.98 Å². The summed E-state index contributed by atoms with van der Waals surface area (Å²) in [5.41, 5.74) is 6.64. The molecule has 0 spiro atoms. The number of hydrogen-bond donors (Lipinski definition) is 2. The molecule has 1 aromatic rings. The first kappa shape index (κ1) is 17.8. The van der Waals surface area contributed by atoms with Crippen LogP contribution < -0.4 is 11.1 Å². The first-order valence-electron chi connectivity index (χ1n) is 8.04. The van der Waals surface area contributed by atoms with Gasteiger partial charge < -0.3 is 16.0 Å². The normalized spacial score (nSPS) is 18.3. The van der Waals surface area contributed by atoms with Gasteiger partial charge in [0.05, 0.1) is 12.2 Å². The molecule has 6 nitrogen and oxygen atoms in total. The van der Waals surface area contributed by atoms with Gasteiger partial charge in [0, 0.05) is 25.0 Å². The summed E-state index contributed by atoms with van der Waals surface area (Å²) in [5, 5.41) is 3.22. The van der Waals surface area contributed by atoms with Crippen molar-refractivity contribution < 1.29 is 18.0 Å². The Labute approximate surface area is 148 Å². The highest BCUT2D eigenvalue weighted by Gasteiger charge is 2.33. The molecule has 0 aliphatic carbocycles. The lowest BCUT2D eigenvalue weighted by atomic mass is 10.1. The number of alkyl halides is 3. The van der Waals surface area contributed by atoms with Crippen LogP contribution in [0.1, 0.15) is 12.1 Å². The van der Waals surface area contributed by atoms with Gasteiger partial charge in [-0.1, -0.05) is 18.2 Å². The van der Waals surface area contributed by atoms with E-state index in [0.29, 0.717) is 0 Å². The Bertz CT molecular complexity index is 770. The van der Waals surface area contributed by atoms with E-state index in [1.165, 1.54) is 12.1 Å². The van der Waals surface area contributed by atoms with Crippen LogP contribution in [0.5, 0.6) is 0 Å². The van der Waals surface area contributed by atoms with Crippen molar-refractivity contribution in [2.24, 2.45) is 5.73 Å². The number of carbonyl (C=O) groups is 1. The Morgan fingerprint density at radius 3 is 2.73 bits per heavy atom. The fraction of sp³-hybridized carbons (Fsp3) is 0.294. The minimum absolute atomic E-state index is 0.414. The number of pyridine rings is 1. The monoisotopic (exact) mass is 365 g/mol. The average Bonchev–Trinajstić information content (AvgIpc) is 2.62. The number of nitrogens with zero attached hydrogens (tertiary/aromatic N) is 3. The van der Waals surface area contributed by atoms with Gasteiger partial charge >= 0.3 is 12.2 Å². The molecule has 3 aliphatic rings. The molecular formula is C17H18F3N5O. The maximum absolute atomic E-state index is 11.7. The van der Waals surface area contributed by atoms with E-state index < -0.39 is 17.9 Å². The Balaban J connectivity index is 0.000000170. The minimum atomic E-state index is -4.32. The topological polar surface area (TPSA) is 74.5 Å². The molecule has 0 atom stereocenters. The first-order valence-corrected chi connectivity index (χ1v) is 8.04. The number of nitrogens with one attached hydrogen (secondary N) is 1. The number of rotatable bonds is 0. The first-order chi connectivity index (χ1) is 12.4. The molecule has 0 saturated heterocycles. The Morgan fingerprint density at radius 2 is 2.12 bits per heavy atom. The summed E-state index contributed by atoms with van der Waals surface area (Å²) in [4.78, 5) is 18.5. The molecule has 9 heteroatoms. The Hall–Kier alpha value is -2.97. The SMILES string of the molecule is FC(F)(F)c1ccccn1.NC(=O)N1C2=CCCN(C2)C2=C1NCC=C2. The lowest BCUT2D eigenvalue weighted by Crippen LogP contribution is -2.51. The number of primary amides is 1. The highest BCUT2D eigenvalue weighted by Crippen LogP contribution is 2.30. The lowest BCUT2D eigenvalue weighted by molar-refractivity contribution is -0.141. The van der Waals surface area contributed by atoms with Crippen molar-refractivity contribution in [1.82, 2.24) is 20.1 Å². The molecule has 0 fully saturated rings. The fourth-order valence-corrected chi connectivity index (χ4v) is 2.96. The van der Waals surface area contributed by atoms with Crippen LogP contribution in [-0.2, 0) is 6.18 Å². The molecule has 3 aliphatic heterocycles. The summed E-state index contributed by atoms with van der Waals surface area (Å²) in [5.74, 6) is 0.826. The van der Waals surface area contributed by atoms with Gasteiger partial charge in [-0.05, 0) is 24.6 Å². The van der Waals surface area contributed by atoms with Crippen LogP contribution in [0.4, 0.5) is 18.0 Å². The van der Waals surface area contributed by atoms with E-state index in [2.05, 4.69) is 33.4 Å². The van der Waals surface area contributed by atoms with Crippen LogP contribution >= 0.6 is 0 Å². The van der Waals surface area contributed by atoms with Gasteiger partial charge in [-0.25, -0.2) is 9.69 Å². The van der Waals surface area contributed by atoms with E-state index in [9.17, 15) is 18.0 Å². The molecule has 26 heavy (non-hydrogen) atoms. The van der Waals surface area contributed by atoms with Gasteiger partial charge in [0.15, 0.2) is 0 Å². The van der Waals surface area contributed by atoms with Crippen molar-refractivity contribution in [3.8, 4) is 0 Å². The molecule has 1 aromatic heterocycles. The second-order valence-electron chi connectivity index (χ2n) is 5.81. The molecule has 2 bridgehead atoms. The van der Waals surface area contributed by atoms with Crippen LogP contribution in [-0.4, -0.2) is 40.4 Å². The largest absolute Gasteiger partial charge is 0.433 e. The van der Waals surface area contributed by atoms with Crippen molar-refractivity contribution in [1.29, 1.82) is 0 Å². The van der Waals surface area contributed by atoms with Crippen LogP contribution in [0.15, 0.2) is 59.8 Å². The van der Waals surface area contributed by atoms with Gasteiger partial charge in [-0.2, -0.15) is 13.2 Å². The number of nitrogens with two attached hydrogens (primary N) is 1. The number of dihydropyridines is 1. The van der Waals surface area contributed by atoms with Gasteiger partial charge in [0.25, 0.3) is 0 Å². The second-order valence-corrected chi connectivity index (χ2v) is 5.81. The number of aromatic nitrogens is 1. The Kier molecular flexibility index (Phi) is 4.88. The van der Waals surface area contributed by atoms with Crippen molar-refractivity contribution in [3.05, 3.63) is 65.5 Å². The zero-order valence-corrected chi connectivity index (χ0v) is 13.8. The molecule has 0 radical (unpaired) electrons. The summed E-state index contributed by atoms with van der Waals surface area (Å²) in [7, 11) is 0. The van der Waals surface area contributed by atoms with Gasteiger partial charge in [0.2, 0.25) is 0 Å². The summed E-state index contributed by atoms with van der Waals surface area (Å²) < 4.78 is 35.2. The summed E-state index contributed by atoms with van der Waals surface area (Å²) >= 11 is 0. The molecule has 138 valence electrons. The van der Waals surface area contributed by atoms with E-state index >= 15 is 0 Å². The third-order valence-corrected chi connectivity index (χ3v) is 4.06. The van der Waals surface area contributed by atoms with Crippen LogP contribution in [0.3, 0.4) is 0 Å². The third kappa shape index (κ3) is 3.66. The average molecular weight is 365 g/mol. The van der Waals surface area contributed by atoms with E-state index in [1.807, 2.05) is 0 Å². The van der Waals surface area contributed by atoms with Crippen LogP contribution in [0.25, 0.3) is 0 Å². The molecule has 2 amide bonds. The lowest BCUT2D eigenvalue weighted by Gasteiger charge is -2.43. The molecule has 4 rings (SSSR count). The smallest absolute Gasteiger partial charge is 0.366 e. The van der Waals surface area contributed by atoms with Crippen molar-refractivity contribution >= 4 is 6.03 Å². The van der Waals surface area contributed by atoms with Crippen molar-refractivity contribution in [2.75, 3.05) is 19.6 Å². The highest BCUT2D eigenvalue weighted by atomic mass is 19.4. The zero-order valence-electron chi connectivity index (χ0n) is 13.8. The van der Waals surface area contributed by atoms with E-state index in [4.69, 9.17) is 5.73 Å². The van der Waals surface area contributed by atoms with E-state index in [-0.39, 0.29) is 0 Å². The second kappa shape index (κ2) is 7.11. The molecule has 4 heterocycles. The number of halogens is 3. The molecular weight excluding hydrogens is 347 g/mol. The van der Waals surface area contributed by atoms with Crippen LogP contribution in [0.2, 0.25) is 0 Å². The molecule has 0 saturated carbocycles. The maximum Gasteiger partial charge on any atom is 0.433 e. The van der Waals surface area contributed by atoms with Crippen LogP contribution in [0, 0.1) is 0 Å². The van der Waals surface area contributed by atoms with Crippen molar-refractivity contribution in [2.45, 2.75) is 12.6 Å². The number of urea groups is 1. The maximum atomic E-state index is 11.7. The summed E-state index contributed by atoms with van der Waals surface area (Å²) in [6, 6.07) is 3.26. The third-order valence-electron chi connectivity index (χ3n) is 4.06. The highest BCUT2D eigenvalue weighted by molar-refractivity contribution is 5.77. The van der Waals surface area contributed by atoms with Gasteiger partial charge in [-0.15, -0.1) is 0 Å².